The molecule has 0 saturated carbocycles. The number of nitrogens with one attached hydrogen (secondary N) is 2. The van der Waals surface area contributed by atoms with E-state index in [1.165, 1.54) is 12.6 Å². The molecule has 5 nitrogen and oxygen atoms in total. The fourth-order valence-corrected chi connectivity index (χ4v) is 2.19. The fourth-order valence-electron chi connectivity index (χ4n) is 2.19. The van der Waals surface area contributed by atoms with Crippen molar-refractivity contribution in [2.24, 2.45) is 0 Å². The largest absolute Gasteiger partial charge is 0.619 e. The van der Waals surface area contributed by atoms with Gasteiger partial charge >= 0.3 is 0 Å². The van der Waals surface area contributed by atoms with Gasteiger partial charge in [0.2, 0.25) is 0 Å². The third-order valence-electron chi connectivity index (χ3n) is 3.07. The normalized spacial score (nSPS) is 19.6. The average Bonchev–Trinajstić information content (AvgIpc) is 3.00. The van der Waals surface area contributed by atoms with E-state index in [1.807, 2.05) is 6.07 Å². The first kappa shape index (κ1) is 10.3. The van der Waals surface area contributed by atoms with Gasteiger partial charge in [0.05, 0.1) is 23.5 Å². The van der Waals surface area contributed by atoms with Crippen molar-refractivity contribution in [3.8, 4) is 11.3 Å². The predicted octanol–water partition coefficient (Wildman–Crippen LogP) is 1.13. The van der Waals surface area contributed by atoms with E-state index < -0.39 is 0 Å². The molecule has 88 valence electrons. The third kappa shape index (κ3) is 2.01. The summed E-state index contributed by atoms with van der Waals surface area (Å²) < 4.78 is 0.795. The zero-order valence-electron chi connectivity index (χ0n) is 9.39. The summed E-state index contributed by atoms with van der Waals surface area (Å²) in [5, 5.41) is 14.6. The van der Waals surface area contributed by atoms with Gasteiger partial charge in [-0.2, -0.15) is 4.73 Å². The molecule has 2 aromatic rings. The Bertz CT molecular complexity index is 517. The van der Waals surface area contributed by atoms with Gasteiger partial charge in [0.15, 0.2) is 12.4 Å². The van der Waals surface area contributed by atoms with Gasteiger partial charge in [0, 0.05) is 6.07 Å². The minimum atomic E-state index is 0.326. The highest BCUT2D eigenvalue weighted by Gasteiger charge is 2.19. The SMILES string of the molecule is [O-][n+]1cccc(-c2cnc(C3CCCN3)[nH]2)c1. The molecular formula is C12H14N4O. The van der Waals surface area contributed by atoms with E-state index >= 15 is 0 Å². The molecule has 1 fully saturated rings. The van der Waals surface area contributed by atoms with E-state index in [1.54, 1.807) is 18.5 Å². The molecule has 0 radical (unpaired) electrons. The summed E-state index contributed by atoms with van der Waals surface area (Å²) in [5.41, 5.74) is 1.75. The summed E-state index contributed by atoms with van der Waals surface area (Å²) in [6, 6.07) is 3.96. The molecule has 1 atom stereocenters. The zero-order chi connectivity index (χ0) is 11.7. The molecule has 1 unspecified atom stereocenters. The minimum Gasteiger partial charge on any atom is -0.619 e. The molecule has 1 aliphatic rings. The van der Waals surface area contributed by atoms with Gasteiger partial charge in [-0.1, -0.05) is 0 Å². The molecule has 0 aliphatic carbocycles. The van der Waals surface area contributed by atoms with Crippen LogP contribution in [0.5, 0.6) is 0 Å². The van der Waals surface area contributed by atoms with Gasteiger partial charge < -0.3 is 15.5 Å². The number of H-pyrrole nitrogens is 1. The monoisotopic (exact) mass is 230 g/mol. The summed E-state index contributed by atoms with van der Waals surface area (Å²) in [5.74, 6) is 0.957. The second-order valence-corrected chi connectivity index (χ2v) is 4.28. The summed E-state index contributed by atoms with van der Waals surface area (Å²) >= 11 is 0. The van der Waals surface area contributed by atoms with Crippen LogP contribution in [-0.4, -0.2) is 16.5 Å². The van der Waals surface area contributed by atoms with Crippen LogP contribution >= 0.6 is 0 Å². The molecule has 0 bridgehead atoms. The molecule has 1 aliphatic heterocycles. The van der Waals surface area contributed by atoms with Gasteiger partial charge in [-0.15, -0.1) is 0 Å². The van der Waals surface area contributed by atoms with Crippen molar-refractivity contribution in [1.29, 1.82) is 0 Å². The Morgan fingerprint density at radius 3 is 3.18 bits per heavy atom. The number of pyridine rings is 1. The number of hydrogen-bond acceptors (Lipinski definition) is 3. The Morgan fingerprint density at radius 2 is 2.41 bits per heavy atom. The molecule has 2 aromatic heterocycles. The Kier molecular flexibility index (Phi) is 2.53. The lowest BCUT2D eigenvalue weighted by Gasteiger charge is -2.05. The molecule has 1 saturated heterocycles. The van der Waals surface area contributed by atoms with Crippen LogP contribution in [0.1, 0.15) is 24.7 Å². The van der Waals surface area contributed by atoms with E-state index in [0.717, 1.165) is 34.8 Å². The minimum absolute atomic E-state index is 0.326. The van der Waals surface area contributed by atoms with Crippen molar-refractivity contribution in [2.75, 3.05) is 6.54 Å². The second-order valence-electron chi connectivity index (χ2n) is 4.28. The standard InChI is InChI=1S/C12H14N4O/c17-16-6-2-3-9(8-16)11-7-14-12(15-11)10-4-1-5-13-10/h2-3,6-8,10,13H,1,4-5H2,(H,14,15). The first-order valence-corrected chi connectivity index (χ1v) is 5.80. The van der Waals surface area contributed by atoms with Crippen LogP contribution in [0.3, 0.4) is 0 Å². The van der Waals surface area contributed by atoms with Crippen LogP contribution < -0.4 is 10.0 Å². The topological polar surface area (TPSA) is 67.7 Å². The van der Waals surface area contributed by atoms with Crippen molar-refractivity contribution in [2.45, 2.75) is 18.9 Å². The van der Waals surface area contributed by atoms with Crippen LogP contribution in [0.2, 0.25) is 0 Å². The van der Waals surface area contributed by atoms with Crippen molar-refractivity contribution in [3.63, 3.8) is 0 Å². The molecule has 5 heteroatoms. The van der Waals surface area contributed by atoms with E-state index in [-0.39, 0.29) is 0 Å². The molecule has 3 rings (SSSR count). The fraction of sp³-hybridized carbons (Fsp3) is 0.333. The average molecular weight is 230 g/mol. The Hall–Kier alpha value is -1.88. The van der Waals surface area contributed by atoms with E-state index in [9.17, 15) is 5.21 Å². The highest BCUT2D eigenvalue weighted by atomic mass is 16.5. The number of rotatable bonds is 2. The highest BCUT2D eigenvalue weighted by molar-refractivity contribution is 5.56. The van der Waals surface area contributed by atoms with Crippen molar-refractivity contribution in [1.82, 2.24) is 15.3 Å². The highest BCUT2D eigenvalue weighted by Crippen LogP contribution is 2.23. The maximum Gasteiger partial charge on any atom is 0.189 e. The van der Waals surface area contributed by atoms with Gasteiger partial charge in [-0.3, -0.25) is 0 Å². The number of aromatic amines is 1. The van der Waals surface area contributed by atoms with Crippen LogP contribution in [0.15, 0.2) is 30.7 Å². The lowest BCUT2D eigenvalue weighted by Crippen LogP contribution is -2.23. The summed E-state index contributed by atoms with van der Waals surface area (Å²) in [4.78, 5) is 7.65. The van der Waals surface area contributed by atoms with Gasteiger partial charge in [-0.25, -0.2) is 4.98 Å². The number of hydrogen-bond donors (Lipinski definition) is 2. The third-order valence-corrected chi connectivity index (χ3v) is 3.07. The molecular weight excluding hydrogens is 216 g/mol. The number of imidazole rings is 1. The Labute approximate surface area is 99.1 Å². The number of aromatic nitrogens is 3. The summed E-state index contributed by atoms with van der Waals surface area (Å²) in [6.07, 6.45) is 7.10. The van der Waals surface area contributed by atoms with Gasteiger partial charge in [0.25, 0.3) is 0 Å². The zero-order valence-corrected chi connectivity index (χ0v) is 9.39. The van der Waals surface area contributed by atoms with E-state index in [4.69, 9.17) is 0 Å². The molecule has 0 aromatic carbocycles. The van der Waals surface area contributed by atoms with Crippen LogP contribution in [-0.2, 0) is 0 Å². The predicted molar refractivity (Wildman–Crippen MR) is 63.0 cm³/mol. The van der Waals surface area contributed by atoms with Crippen molar-refractivity contribution >= 4 is 0 Å². The van der Waals surface area contributed by atoms with Crippen LogP contribution in [0, 0.1) is 5.21 Å². The summed E-state index contributed by atoms with van der Waals surface area (Å²) in [6.45, 7) is 1.05. The van der Waals surface area contributed by atoms with Crippen LogP contribution in [0.25, 0.3) is 11.3 Å². The molecule has 3 heterocycles. The first-order valence-electron chi connectivity index (χ1n) is 5.80. The maximum atomic E-state index is 11.2. The lowest BCUT2D eigenvalue weighted by molar-refractivity contribution is -0.604. The Balaban J connectivity index is 1.89. The van der Waals surface area contributed by atoms with Gasteiger partial charge in [-0.05, 0) is 25.5 Å². The maximum absolute atomic E-state index is 11.2. The Morgan fingerprint density at radius 1 is 1.47 bits per heavy atom. The van der Waals surface area contributed by atoms with E-state index in [0.29, 0.717) is 6.04 Å². The van der Waals surface area contributed by atoms with Crippen molar-refractivity contribution < 1.29 is 4.73 Å². The first-order chi connectivity index (χ1) is 8.33. The smallest absolute Gasteiger partial charge is 0.189 e. The molecule has 2 N–H and O–H groups in total. The lowest BCUT2D eigenvalue weighted by atomic mass is 10.2. The second kappa shape index (κ2) is 4.18. The van der Waals surface area contributed by atoms with Gasteiger partial charge in [0.1, 0.15) is 5.82 Å². The molecule has 0 amide bonds. The summed E-state index contributed by atoms with van der Waals surface area (Å²) in [7, 11) is 0. The molecule has 17 heavy (non-hydrogen) atoms. The van der Waals surface area contributed by atoms with E-state index in [2.05, 4.69) is 15.3 Å². The number of nitrogens with zero attached hydrogens (tertiary/aromatic N) is 2. The van der Waals surface area contributed by atoms with Crippen LogP contribution in [0.4, 0.5) is 0 Å². The quantitative estimate of drug-likeness (QED) is 0.600. The van der Waals surface area contributed by atoms with Crippen molar-refractivity contribution in [3.05, 3.63) is 41.8 Å². The molecule has 0 spiro atoms.